The molecule has 3 rings (SSSR count). The van der Waals surface area contributed by atoms with E-state index in [-0.39, 0.29) is 29.5 Å². The number of rotatable bonds is 3. The summed E-state index contributed by atoms with van der Waals surface area (Å²) in [6.45, 7) is 1.35. The number of likely N-dealkylation sites (tertiary alicyclic amines) is 1. The molecular weight excluding hydrogens is 294 g/mol. The minimum Gasteiger partial charge on any atom is -0.478 e. The number of aromatic carboxylic acids is 1. The van der Waals surface area contributed by atoms with Crippen LogP contribution in [0.5, 0.6) is 0 Å². The quantitative estimate of drug-likeness (QED) is 0.878. The van der Waals surface area contributed by atoms with Gasteiger partial charge in [0.15, 0.2) is 0 Å². The predicted molar refractivity (Wildman–Crippen MR) is 82.9 cm³/mol. The average Bonchev–Trinajstić information content (AvgIpc) is 3.23. The standard InChI is InChI=1S/C17H19N3O3/c18-9-14-2-1-7-20(14)16(21)15-8-13(10-19-15)11-3-5-12(6-4-11)17(22)23/h3-6,13-15,19H,1-2,7-8,10H2,(H,22,23)/t13-,14-,15-/m0/s1. The van der Waals surface area contributed by atoms with Gasteiger partial charge in [-0.05, 0) is 42.9 Å². The SMILES string of the molecule is N#C[C@@H]1CCCN1C(=O)[C@@H]1C[C@H](c2ccc(C(=O)O)cc2)CN1. The highest BCUT2D eigenvalue weighted by Gasteiger charge is 2.37. The van der Waals surface area contributed by atoms with E-state index in [0.29, 0.717) is 19.5 Å². The van der Waals surface area contributed by atoms with Crippen LogP contribution < -0.4 is 5.32 Å². The van der Waals surface area contributed by atoms with E-state index in [1.807, 2.05) is 12.1 Å². The summed E-state index contributed by atoms with van der Waals surface area (Å²) in [5.41, 5.74) is 1.30. The zero-order chi connectivity index (χ0) is 16.4. The third kappa shape index (κ3) is 3.06. The lowest BCUT2D eigenvalue weighted by molar-refractivity contribution is -0.133. The van der Waals surface area contributed by atoms with Gasteiger partial charge in [-0.2, -0.15) is 5.26 Å². The maximum Gasteiger partial charge on any atom is 0.335 e. The maximum atomic E-state index is 12.6. The van der Waals surface area contributed by atoms with Gasteiger partial charge < -0.3 is 15.3 Å². The second kappa shape index (κ2) is 6.39. The molecule has 6 heteroatoms. The molecule has 0 unspecified atom stereocenters. The summed E-state index contributed by atoms with van der Waals surface area (Å²) in [4.78, 5) is 25.2. The third-order valence-electron chi connectivity index (χ3n) is 4.74. The summed E-state index contributed by atoms with van der Waals surface area (Å²) >= 11 is 0. The van der Waals surface area contributed by atoms with Crippen molar-refractivity contribution in [3.8, 4) is 6.07 Å². The van der Waals surface area contributed by atoms with E-state index in [0.717, 1.165) is 18.4 Å². The minimum atomic E-state index is -0.939. The van der Waals surface area contributed by atoms with Crippen LogP contribution in [0.15, 0.2) is 24.3 Å². The fourth-order valence-electron chi connectivity index (χ4n) is 3.44. The van der Waals surface area contributed by atoms with Crippen LogP contribution in [0.3, 0.4) is 0 Å². The molecule has 6 nitrogen and oxygen atoms in total. The van der Waals surface area contributed by atoms with Crippen LogP contribution in [0.1, 0.15) is 41.1 Å². The first kappa shape index (κ1) is 15.5. The molecule has 2 aliphatic rings. The van der Waals surface area contributed by atoms with Crippen molar-refractivity contribution in [2.24, 2.45) is 0 Å². The van der Waals surface area contributed by atoms with E-state index in [2.05, 4.69) is 11.4 Å². The number of carbonyl (C=O) groups is 2. The van der Waals surface area contributed by atoms with Gasteiger partial charge in [-0.1, -0.05) is 12.1 Å². The fraction of sp³-hybridized carbons (Fsp3) is 0.471. The Labute approximate surface area is 134 Å². The van der Waals surface area contributed by atoms with Gasteiger partial charge in [0.2, 0.25) is 5.91 Å². The molecule has 0 radical (unpaired) electrons. The Morgan fingerprint density at radius 3 is 2.70 bits per heavy atom. The monoisotopic (exact) mass is 313 g/mol. The number of hydrogen-bond donors (Lipinski definition) is 2. The molecule has 2 N–H and O–H groups in total. The molecule has 2 aliphatic heterocycles. The molecule has 120 valence electrons. The summed E-state index contributed by atoms with van der Waals surface area (Å²) in [5, 5.41) is 21.3. The molecule has 0 aliphatic carbocycles. The number of nitriles is 1. The van der Waals surface area contributed by atoms with Gasteiger partial charge in [0.25, 0.3) is 0 Å². The number of carboxylic acid groups (broad SMARTS) is 1. The summed E-state index contributed by atoms with van der Waals surface area (Å²) in [5.74, 6) is -0.737. The van der Waals surface area contributed by atoms with Crippen LogP contribution in [0.4, 0.5) is 0 Å². The van der Waals surface area contributed by atoms with Gasteiger partial charge >= 0.3 is 5.97 Å². The second-order valence-corrected chi connectivity index (χ2v) is 6.14. The van der Waals surface area contributed by atoms with Crippen molar-refractivity contribution in [2.45, 2.75) is 37.3 Å². The lowest BCUT2D eigenvalue weighted by Crippen LogP contribution is -2.45. The van der Waals surface area contributed by atoms with Crippen LogP contribution in [0.2, 0.25) is 0 Å². The molecule has 3 atom stereocenters. The van der Waals surface area contributed by atoms with Gasteiger partial charge in [0.05, 0.1) is 17.7 Å². The van der Waals surface area contributed by atoms with E-state index in [1.165, 1.54) is 0 Å². The summed E-state index contributed by atoms with van der Waals surface area (Å²) < 4.78 is 0. The highest BCUT2D eigenvalue weighted by Crippen LogP contribution is 2.28. The Hall–Kier alpha value is -2.39. The summed E-state index contributed by atoms with van der Waals surface area (Å²) in [7, 11) is 0. The maximum absolute atomic E-state index is 12.6. The molecule has 23 heavy (non-hydrogen) atoms. The topological polar surface area (TPSA) is 93.4 Å². The molecule has 1 aromatic rings. The van der Waals surface area contributed by atoms with E-state index in [9.17, 15) is 9.59 Å². The van der Waals surface area contributed by atoms with E-state index in [4.69, 9.17) is 10.4 Å². The van der Waals surface area contributed by atoms with Crippen LogP contribution >= 0.6 is 0 Å². The van der Waals surface area contributed by atoms with Crippen molar-refractivity contribution >= 4 is 11.9 Å². The molecule has 1 amide bonds. The van der Waals surface area contributed by atoms with Gasteiger partial charge in [0, 0.05) is 13.1 Å². The van der Waals surface area contributed by atoms with Gasteiger partial charge in [0.1, 0.15) is 6.04 Å². The zero-order valence-electron chi connectivity index (χ0n) is 12.7. The Bertz CT molecular complexity index is 650. The van der Waals surface area contributed by atoms with Crippen LogP contribution in [0, 0.1) is 11.3 Å². The number of nitrogens with zero attached hydrogens (tertiary/aromatic N) is 2. The minimum absolute atomic E-state index is 0.0127. The van der Waals surface area contributed by atoms with Crippen molar-refractivity contribution in [2.75, 3.05) is 13.1 Å². The molecule has 2 fully saturated rings. The first-order valence-corrected chi connectivity index (χ1v) is 7.87. The Morgan fingerprint density at radius 1 is 1.30 bits per heavy atom. The predicted octanol–water partition coefficient (Wildman–Crippen LogP) is 1.34. The molecule has 0 bridgehead atoms. The summed E-state index contributed by atoms with van der Waals surface area (Å²) in [6.07, 6.45) is 2.33. The number of hydrogen-bond acceptors (Lipinski definition) is 4. The van der Waals surface area contributed by atoms with Crippen molar-refractivity contribution in [1.82, 2.24) is 10.2 Å². The summed E-state index contributed by atoms with van der Waals surface area (Å²) in [6, 6.07) is 8.47. The number of carbonyl (C=O) groups excluding carboxylic acids is 1. The lowest BCUT2D eigenvalue weighted by Gasteiger charge is -2.23. The average molecular weight is 313 g/mol. The number of carboxylic acids is 1. The fourth-order valence-corrected chi connectivity index (χ4v) is 3.44. The number of benzene rings is 1. The van der Waals surface area contributed by atoms with Gasteiger partial charge in [-0.15, -0.1) is 0 Å². The molecule has 0 spiro atoms. The molecule has 2 saturated heterocycles. The molecule has 2 heterocycles. The van der Waals surface area contributed by atoms with Crippen LogP contribution in [-0.2, 0) is 4.79 Å². The van der Waals surface area contributed by atoms with Crippen molar-refractivity contribution < 1.29 is 14.7 Å². The second-order valence-electron chi connectivity index (χ2n) is 6.14. The van der Waals surface area contributed by atoms with Crippen molar-refractivity contribution in [3.63, 3.8) is 0 Å². The Kier molecular flexibility index (Phi) is 4.30. The lowest BCUT2D eigenvalue weighted by atomic mass is 9.95. The van der Waals surface area contributed by atoms with E-state index in [1.54, 1.807) is 17.0 Å². The first-order valence-electron chi connectivity index (χ1n) is 7.87. The van der Waals surface area contributed by atoms with Crippen molar-refractivity contribution in [1.29, 1.82) is 5.26 Å². The third-order valence-corrected chi connectivity index (χ3v) is 4.74. The number of amides is 1. The first-order chi connectivity index (χ1) is 11.1. The Morgan fingerprint density at radius 2 is 2.04 bits per heavy atom. The Balaban J connectivity index is 1.65. The highest BCUT2D eigenvalue weighted by molar-refractivity contribution is 5.87. The van der Waals surface area contributed by atoms with E-state index < -0.39 is 5.97 Å². The van der Waals surface area contributed by atoms with E-state index >= 15 is 0 Å². The largest absolute Gasteiger partial charge is 0.478 e. The smallest absolute Gasteiger partial charge is 0.335 e. The number of nitrogens with one attached hydrogen (secondary N) is 1. The van der Waals surface area contributed by atoms with Crippen molar-refractivity contribution in [3.05, 3.63) is 35.4 Å². The molecule has 1 aromatic carbocycles. The zero-order valence-corrected chi connectivity index (χ0v) is 12.7. The molecular formula is C17H19N3O3. The molecule has 0 saturated carbocycles. The van der Waals surface area contributed by atoms with Crippen LogP contribution in [-0.4, -0.2) is 47.1 Å². The molecule has 0 aromatic heterocycles. The van der Waals surface area contributed by atoms with Gasteiger partial charge in [-0.3, -0.25) is 4.79 Å². The van der Waals surface area contributed by atoms with Gasteiger partial charge in [-0.25, -0.2) is 4.79 Å². The highest BCUT2D eigenvalue weighted by atomic mass is 16.4. The van der Waals surface area contributed by atoms with Crippen LogP contribution in [0.25, 0.3) is 0 Å². The normalized spacial score (nSPS) is 26.9.